The Labute approximate surface area is 128 Å². The summed E-state index contributed by atoms with van der Waals surface area (Å²) in [6.07, 6.45) is 1.63. The van der Waals surface area contributed by atoms with E-state index in [0.717, 1.165) is 11.3 Å². The lowest BCUT2D eigenvalue weighted by atomic mass is 10.00. The number of benzene rings is 1. The van der Waals surface area contributed by atoms with Gasteiger partial charge in [-0.25, -0.2) is 15.8 Å². The molecule has 1 aliphatic heterocycles. The molecule has 0 aliphatic carbocycles. The zero-order valence-corrected chi connectivity index (χ0v) is 12.0. The highest BCUT2D eigenvalue weighted by Gasteiger charge is 2.34. The number of pyridine rings is 1. The molecule has 2 atom stereocenters. The van der Waals surface area contributed by atoms with Gasteiger partial charge >= 0.3 is 0 Å². The van der Waals surface area contributed by atoms with Gasteiger partial charge < -0.3 is 10.1 Å². The minimum atomic E-state index is -0.478. The van der Waals surface area contributed by atoms with Gasteiger partial charge in [-0.3, -0.25) is 4.79 Å². The average Bonchev–Trinajstić information content (AvgIpc) is 3.05. The molecule has 3 rings (SSSR count). The summed E-state index contributed by atoms with van der Waals surface area (Å²) >= 11 is 0. The topological polar surface area (TPSA) is 87.3 Å². The molecule has 7 heteroatoms. The molecule has 0 saturated carbocycles. The van der Waals surface area contributed by atoms with Gasteiger partial charge in [-0.2, -0.15) is 5.53 Å². The second kappa shape index (κ2) is 6.52. The third kappa shape index (κ3) is 3.06. The normalized spacial score (nSPS) is 20.6. The van der Waals surface area contributed by atoms with Crippen molar-refractivity contribution >= 4 is 11.7 Å². The first-order chi connectivity index (χ1) is 10.8. The van der Waals surface area contributed by atoms with Crippen LogP contribution in [0.3, 0.4) is 0 Å². The Morgan fingerprint density at radius 3 is 2.91 bits per heavy atom. The summed E-state index contributed by atoms with van der Waals surface area (Å²) in [6, 6.07) is 12.3. The Morgan fingerprint density at radius 1 is 1.23 bits per heavy atom. The molecule has 7 nitrogen and oxygen atoms in total. The number of aromatic nitrogens is 1. The minimum Gasteiger partial charge on any atom is -0.497 e. The van der Waals surface area contributed by atoms with Crippen molar-refractivity contribution in [2.45, 2.75) is 12.1 Å². The molecule has 1 fully saturated rings. The first-order valence-corrected chi connectivity index (χ1v) is 6.90. The number of hydrogen-bond acceptors (Lipinski definition) is 6. The highest BCUT2D eigenvalue weighted by molar-refractivity contribution is 5.94. The number of hydrazine groups is 2. The second-order valence-corrected chi connectivity index (χ2v) is 4.85. The van der Waals surface area contributed by atoms with Crippen LogP contribution in [-0.4, -0.2) is 24.0 Å². The number of hydrogen-bond donors (Lipinski definition) is 4. The van der Waals surface area contributed by atoms with Crippen LogP contribution in [0.15, 0.2) is 48.7 Å². The van der Waals surface area contributed by atoms with Gasteiger partial charge in [-0.05, 0) is 29.8 Å². The number of carbonyl (C=O) groups excluding carboxylic acids is 1. The Balaban J connectivity index is 1.76. The molecule has 1 aromatic carbocycles. The van der Waals surface area contributed by atoms with Crippen molar-refractivity contribution in [2.24, 2.45) is 0 Å². The third-order valence-electron chi connectivity index (χ3n) is 3.44. The summed E-state index contributed by atoms with van der Waals surface area (Å²) < 4.78 is 5.23. The maximum Gasteiger partial charge on any atom is 0.246 e. The molecule has 114 valence electrons. The van der Waals surface area contributed by atoms with Crippen LogP contribution in [0.4, 0.5) is 5.82 Å². The van der Waals surface area contributed by atoms with Crippen LogP contribution in [0, 0.1) is 0 Å². The van der Waals surface area contributed by atoms with E-state index in [1.54, 1.807) is 25.4 Å². The lowest BCUT2D eigenvalue weighted by Crippen LogP contribution is -2.41. The summed E-state index contributed by atoms with van der Waals surface area (Å²) in [7, 11) is 1.61. The fourth-order valence-electron chi connectivity index (χ4n) is 2.33. The number of ether oxygens (including phenoxy) is 1. The van der Waals surface area contributed by atoms with E-state index in [4.69, 9.17) is 4.74 Å². The quantitative estimate of drug-likeness (QED) is 0.666. The molecule has 1 amide bonds. The van der Waals surface area contributed by atoms with Gasteiger partial charge in [-0.15, -0.1) is 0 Å². The van der Waals surface area contributed by atoms with Crippen molar-refractivity contribution in [3.8, 4) is 5.75 Å². The van der Waals surface area contributed by atoms with E-state index < -0.39 is 6.04 Å². The van der Waals surface area contributed by atoms with Crippen molar-refractivity contribution in [1.29, 1.82) is 0 Å². The standard InChI is InChI=1S/C15H17N5O2/c1-22-11-6-4-5-10(9-11)13-14(19-20-18-13)15(21)17-12-7-2-3-8-16-12/h2-9,13-14,18-20H,1H3,(H,16,17,21). The largest absolute Gasteiger partial charge is 0.497 e. The van der Waals surface area contributed by atoms with Gasteiger partial charge in [0, 0.05) is 6.20 Å². The number of rotatable bonds is 4. The molecular formula is C15H17N5O2. The Hall–Kier alpha value is -2.48. The van der Waals surface area contributed by atoms with Gasteiger partial charge in [-0.1, -0.05) is 18.2 Å². The molecule has 4 N–H and O–H groups in total. The first-order valence-electron chi connectivity index (χ1n) is 6.90. The summed E-state index contributed by atoms with van der Waals surface area (Å²) in [5, 5.41) is 2.79. The molecule has 0 spiro atoms. The van der Waals surface area contributed by atoms with Crippen LogP contribution in [-0.2, 0) is 4.79 Å². The number of nitrogens with one attached hydrogen (secondary N) is 4. The Kier molecular flexibility index (Phi) is 4.29. The van der Waals surface area contributed by atoms with E-state index in [2.05, 4.69) is 26.7 Å². The van der Waals surface area contributed by atoms with Crippen LogP contribution in [0.25, 0.3) is 0 Å². The Bertz CT molecular complexity index is 649. The average molecular weight is 299 g/mol. The maximum atomic E-state index is 12.4. The summed E-state index contributed by atoms with van der Waals surface area (Å²) in [5.74, 6) is 1.09. The van der Waals surface area contributed by atoms with Gasteiger partial charge in [0.15, 0.2) is 0 Å². The zero-order valence-electron chi connectivity index (χ0n) is 12.0. The monoisotopic (exact) mass is 299 g/mol. The first kappa shape index (κ1) is 14.5. The SMILES string of the molecule is COc1cccc(C2NNNC2C(=O)Nc2ccccn2)c1. The van der Waals surface area contributed by atoms with E-state index in [1.165, 1.54) is 0 Å². The summed E-state index contributed by atoms with van der Waals surface area (Å²) in [5.41, 5.74) is 9.71. The van der Waals surface area contributed by atoms with Gasteiger partial charge in [0.1, 0.15) is 17.6 Å². The molecule has 2 unspecified atom stereocenters. The predicted octanol–water partition coefficient (Wildman–Crippen LogP) is 0.751. The van der Waals surface area contributed by atoms with Crippen molar-refractivity contribution in [2.75, 3.05) is 12.4 Å². The van der Waals surface area contributed by atoms with Crippen molar-refractivity contribution in [3.05, 3.63) is 54.2 Å². The van der Waals surface area contributed by atoms with E-state index in [1.807, 2.05) is 30.3 Å². The Morgan fingerprint density at radius 2 is 2.14 bits per heavy atom. The molecule has 1 saturated heterocycles. The molecule has 2 aromatic rings. The van der Waals surface area contributed by atoms with E-state index in [-0.39, 0.29) is 11.9 Å². The number of amides is 1. The van der Waals surface area contributed by atoms with Crippen LogP contribution in [0.1, 0.15) is 11.6 Å². The fourth-order valence-corrected chi connectivity index (χ4v) is 2.33. The number of methoxy groups -OCH3 is 1. The second-order valence-electron chi connectivity index (χ2n) is 4.85. The summed E-state index contributed by atoms with van der Waals surface area (Å²) in [4.78, 5) is 16.5. The number of nitrogens with zero attached hydrogens (tertiary/aromatic N) is 1. The van der Waals surface area contributed by atoms with Crippen LogP contribution in [0.2, 0.25) is 0 Å². The highest BCUT2D eigenvalue weighted by Crippen LogP contribution is 2.23. The van der Waals surface area contributed by atoms with Gasteiger partial charge in [0.2, 0.25) is 5.91 Å². The third-order valence-corrected chi connectivity index (χ3v) is 3.44. The minimum absolute atomic E-state index is 0.177. The predicted molar refractivity (Wildman–Crippen MR) is 81.8 cm³/mol. The van der Waals surface area contributed by atoms with Gasteiger partial charge in [0.25, 0.3) is 0 Å². The smallest absolute Gasteiger partial charge is 0.246 e. The van der Waals surface area contributed by atoms with Crippen molar-refractivity contribution < 1.29 is 9.53 Å². The van der Waals surface area contributed by atoms with Crippen molar-refractivity contribution in [3.63, 3.8) is 0 Å². The lowest BCUT2D eigenvalue weighted by Gasteiger charge is -2.18. The van der Waals surface area contributed by atoms with E-state index in [9.17, 15) is 4.79 Å². The molecule has 1 aliphatic rings. The van der Waals surface area contributed by atoms with Crippen LogP contribution in [0.5, 0.6) is 5.75 Å². The maximum absolute atomic E-state index is 12.4. The molecular weight excluding hydrogens is 282 g/mol. The molecule has 1 aromatic heterocycles. The van der Waals surface area contributed by atoms with Crippen LogP contribution >= 0.6 is 0 Å². The van der Waals surface area contributed by atoms with E-state index in [0.29, 0.717) is 5.82 Å². The molecule has 2 heterocycles. The number of anilines is 1. The molecule has 0 bridgehead atoms. The molecule has 22 heavy (non-hydrogen) atoms. The lowest BCUT2D eigenvalue weighted by molar-refractivity contribution is -0.118. The van der Waals surface area contributed by atoms with Crippen molar-refractivity contribution in [1.82, 2.24) is 21.4 Å². The van der Waals surface area contributed by atoms with Gasteiger partial charge in [0.05, 0.1) is 13.2 Å². The van der Waals surface area contributed by atoms with Crippen LogP contribution < -0.4 is 26.4 Å². The highest BCUT2D eigenvalue weighted by atomic mass is 16.5. The zero-order chi connectivity index (χ0) is 15.4. The number of carbonyl (C=O) groups is 1. The van der Waals surface area contributed by atoms with E-state index >= 15 is 0 Å². The summed E-state index contributed by atoms with van der Waals surface area (Å²) in [6.45, 7) is 0. The molecule has 0 radical (unpaired) electrons. The fraction of sp³-hybridized carbons (Fsp3) is 0.200.